The number of carboxylic acids is 1. The number of hydrogen-bond donors (Lipinski definition) is 2. The Labute approximate surface area is 106 Å². The molecule has 0 radical (unpaired) electrons. The molecule has 0 aliphatic carbocycles. The van der Waals surface area contributed by atoms with Gasteiger partial charge in [0.1, 0.15) is 5.82 Å². The Hall–Kier alpha value is -1.37. The maximum Gasteiger partial charge on any atom is 0.356 e. The van der Waals surface area contributed by atoms with Gasteiger partial charge in [0.15, 0.2) is 5.69 Å². The number of hydrogen-bond acceptors (Lipinski definition) is 2. The summed E-state index contributed by atoms with van der Waals surface area (Å²) in [6.07, 6.45) is 0. The molecule has 0 fully saturated rings. The Kier molecular flexibility index (Phi) is 2.95. The molecule has 0 spiro atoms. The lowest BCUT2D eigenvalue weighted by Crippen LogP contribution is -1.98. The van der Waals surface area contributed by atoms with Crippen molar-refractivity contribution in [1.29, 1.82) is 0 Å². The van der Waals surface area contributed by atoms with Crippen molar-refractivity contribution in [2.24, 2.45) is 0 Å². The molecular weight excluding hydrogens is 319 g/mol. The number of rotatable bonds is 2. The predicted molar refractivity (Wildman–Crippen MR) is 68.4 cm³/mol. The normalized spacial score (nSPS) is 10.4. The molecule has 0 atom stereocenters. The molecule has 2 rings (SSSR count). The van der Waals surface area contributed by atoms with Gasteiger partial charge in [0.25, 0.3) is 0 Å². The number of aromatic nitrogens is 2. The second-order valence-electron chi connectivity index (χ2n) is 3.37. The molecule has 0 aliphatic heterocycles. The molecular formula is C11H9IN2O2. The summed E-state index contributed by atoms with van der Waals surface area (Å²) in [7, 11) is 0. The van der Waals surface area contributed by atoms with Crippen molar-refractivity contribution in [2.45, 2.75) is 6.92 Å². The van der Waals surface area contributed by atoms with Gasteiger partial charge in [0, 0.05) is 14.8 Å². The number of H-pyrrole nitrogens is 1. The number of nitrogens with zero attached hydrogens (tertiary/aromatic N) is 1. The van der Waals surface area contributed by atoms with Gasteiger partial charge >= 0.3 is 5.97 Å². The number of carbonyl (C=O) groups is 1. The number of aromatic amines is 1. The van der Waals surface area contributed by atoms with E-state index in [9.17, 15) is 4.79 Å². The van der Waals surface area contributed by atoms with E-state index < -0.39 is 5.97 Å². The highest BCUT2D eigenvalue weighted by molar-refractivity contribution is 14.1. The molecule has 0 saturated heterocycles. The average Bonchev–Trinajstić information content (AvgIpc) is 2.60. The number of nitrogens with one attached hydrogen (secondary N) is 1. The summed E-state index contributed by atoms with van der Waals surface area (Å²) in [5.41, 5.74) is 1.54. The van der Waals surface area contributed by atoms with Crippen LogP contribution in [0.25, 0.3) is 11.4 Å². The molecule has 1 aromatic carbocycles. The molecule has 16 heavy (non-hydrogen) atoms. The van der Waals surface area contributed by atoms with Gasteiger partial charge in [-0.15, -0.1) is 0 Å². The van der Waals surface area contributed by atoms with E-state index in [2.05, 4.69) is 32.6 Å². The Morgan fingerprint density at radius 2 is 2.25 bits per heavy atom. The van der Waals surface area contributed by atoms with Crippen LogP contribution in [0.4, 0.5) is 0 Å². The van der Waals surface area contributed by atoms with E-state index in [1.807, 2.05) is 24.3 Å². The molecule has 2 aromatic rings. The van der Waals surface area contributed by atoms with Crippen molar-refractivity contribution in [3.63, 3.8) is 0 Å². The van der Waals surface area contributed by atoms with Crippen molar-refractivity contribution >= 4 is 28.6 Å². The quantitative estimate of drug-likeness (QED) is 0.833. The highest BCUT2D eigenvalue weighted by atomic mass is 127. The minimum Gasteiger partial charge on any atom is -0.476 e. The predicted octanol–water partition coefficient (Wildman–Crippen LogP) is 2.69. The zero-order chi connectivity index (χ0) is 11.7. The Morgan fingerprint density at radius 3 is 2.81 bits per heavy atom. The summed E-state index contributed by atoms with van der Waals surface area (Å²) in [6.45, 7) is 1.70. The van der Waals surface area contributed by atoms with Crippen LogP contribution in [0.2, 0.25) is 0 Å². The van der Waals surface area contributed by atoms with Crippen LogP contribution in [-0.2, 0) is 0 Å². The monoisotopic (exact) mass is 328 g/mol. The van der Waals surface area contributed by atoms with Gasteiger partial charge in [-0.3, -0.25) is 0 Å². The molecule has 0 unspecified atom stereocenters. The molecule has 0 bridgehead atoms. The second kappa shape index (κ2) is 4.25. The van der Waals surface area contributed by atoms with Crippen molar-refractivity contribution in [3.05, 3.63) is 39.2 Å². The first-order valence-electron chi connectivity index (χ1n) is 4.64. The summed E-state index contributed by atoms with van der Waals surface area (Å²) >= 11 is 2.20. The van der Waals surface area contributed by atoms with Gasteiger partial charge in [-0.05, 0) is 41.6 Å². The minimum atomic E-state index is -1.01. The molecule has 1 heterocycles. The van der Waals surface area contributed by atoms with Crippen molar-refractivity contribution in [3.8, 4) is 11.4 Å². The van der Waals surface area contributed by atoms with Crippen LogP contribution in [0.1, 0.15) is 16.2 Å². The van der Waals surface area contributed by atoms with Crippen molar-refractivity contribution < 1.29 is 9.90 Å². The van der Waals surface area contributed by atoms with E-state index in [0.29, 0.717) is 11.5 Å². The molecule has 0 amide bonds. The standard InChI is InChI=1S/C11H9IN2O2/c1-6-9(11(15)16)14-10(13-6)7-3-2-4-8(12)5-7/h2-5H,1H3,(H,13,14)(H,15,16). The molecule has 1 aromatic heterocycles. The summed E-state index contributed by atoms with van der Waals surface area (Å²) < 4.78 is 1.08. The third-order valence-electron chi connectivity index (χ3n) is 2.19. The Morgan fingerprint density at radius 1 is 1.50 bits per heavy atom. The molecule has 2 N–H and O–H groups in total. The molecule has 0 aliphatic rings. The van der Waals surface area contributed by atoms with Crippen molar-refractivity contribution in [2.75, 3.05) is 0 Å². The van der Waals surface area contributed by atoms with Crippen LogP contribution in [0, 0.1) is 10.5 Å². The third kappa shape index (κ3) is 2.08. The fraction of sp³-hybridized carbons (Fsp3) is 0.0909. The van der Waals surface area contributed by atoms with Gasteiger partial charge < -0.3 is 10.1 Å². The first-order chi connectivity index (χ1) is 7.58. The summed E-state index contributed by atoms with van der Waals surface area (Å²) in [5.74, 6) is -0.418. The summed E-state index contributed by atoms with van der Waals surface area (Å²) in [4.78, 5) is 17.9. The number of carboxylic acid groups (broad SMARTS) is 1. The number of benzene rings is 1. The Bertz CT molecular complexity index is 549. The molecule has 82 valence electrons. The zero-order valence-corrected chi connectivity index (χ0v) is 10.6. The maximum absolute atomic E-state index is 10.8. The third-order valence-corrected chi connectivity index (χ3v) is 2.86. The fourth-order valence-electron chi connectivity index (χ4n) is 1.44. The first-order valence-corrected chi connectivity index (χ1v) is 5.71. The largest absolute Gasteiger partial charge is 0.476 e. The first kappa shape index (κ1) is 11.1. The number of aromatic carboxylic acids is 1. The lowest BCUT2D eigenvalue weighted by Gasteiger charge is -1.96. The smallest absolute Gasteiger partial charge is 0.356 e. The lowest BCUT2D eigenvalue weighted by molar-refractivity contribution is 0.0690. The minimum absolute atomic E-state index is 0.0776. The molecule has 5 heteroatoms. The van der Waals surface area contributed by atoms with Crippen LogP contribution < -0.4 is 0 Å². The van der Waals surface area contributed by atoms with Gasteiger partial charge in [0.05, 0.1) is 0 Å². The number of aryl methyl sites for hydroxylation is 1. The summed E-state index contributed by atoms with van der Waals surface area (Å²) in [6, 6.07) is 7.73. The Balaban J connectivity index is 2.49. The molecule has 4 nitrogen and oxygen atoms in total. The highest BCUT2D eigenvalue weighted by Crippen LogP contribution is 2.20. The van der Waals surface area contributed by atoms with E-state index >= 15 is 0 Å². The van der Waals surface area contributed by atoms with E-state index in [1.54, 1.807) is 6.92 Å². The topological polar surface area (TPSA) is 66.0 Å². The lowest BCUT2D eigenvalue weighted by atomic mass is 10.2. The van der Waals surface area contributed by atoms with Gasteiger partial charge in [-0.1, -0.05) is 12.1 Å². The zero-order valence-electron chi connectivity index (χ0n) is 8.49. The van der Waals surface area contributed by atoms with E-state index in [4.69, 9.17) is 5.11 Å². The molecule has 0 saturated carbocycles. The van der Waals surface area contributed by atoms with Crippen LogP contribution in [0.5, 0.6) is 0 Å². The van der Waals surface area contributed by atoms with Gasteiger partial charge in [-0.25, -0.2) is 9.78 Å². The van der Waals surface area contributed by atoms with Gasteiger partial charge in [0.2, 0.25) is 0 Å². The van der Waals surface area contributed by atoms with Crippen LogP contribution in [0.3, 0.4) is 0 Å². The van der Waals surface area contributed by atoms with E-state index in [0.717, 1.165) is 9.13 Å². The average molecular weight is 328 g/mol. The van der Waals surface area contributed by atoms with E-state index in [-0.39, 0.29) is 5.69 Å². The summed E-state index contributed by atoms with van der Waals surface area (Å²) in [5, 5.41) is 8.90. The highest BCUT2D eigenvalue weighted by Gasteiger charge is 2.14. The van der Waals surface area contributed by atoms with Gasteiger partial charge in [-0.2, -0.15) is 0 Å². The maximum atomic E-state index is 10.8. The SMILES string of the molecule is Cc1[nH]c(-c2cccc(I)c2)nc1C(=O)O. The number of halogens is 1. The second-order valence-corrected chi connectivity index (χ2v) is 4.62. The number of imidazole rings is 1. The van der Waals surface area contributed by atoms with Crippen molar-refractivity contribution in [1.82, 2.24) is 9.97 Å². The van der Waals surface area contributed by atoms with Crippen LogP contribution in [0.15, 0.2) is 24.3 Å². The fourth-order valence-corrected chi connectivity index (χ4v) is 1.98. The van der Waals surface area contributed by atoms with E-state index in [1.165, 1.54) is 0 Å². The van der Waals surface area contributed by atoms with Crippen LogP contribution in [-0.4, -0.2) is 21.0 Å². The van der Waals surface area contributed by atoms with Crippen LogP contribution >= 0.6 is 22.6 Å².